The van der Waals surface area contributed by atoms with Gasteiger partial charge in [-0.25, -0.2) is 0 Å². The maximum atomic E-state index is 10.6. The molecule has 14 heavy (non-hydrogen) atoms. The SMILES string of the molecule is CCCCCCCCCCC(C)=O.S. The van der Waals surface area contributed by atoms with Crippen LogP contribution < -0.4 is 0 Å². The zero-order valence-electron chi connectivity index (χ0n) is 9.77. The highest BCUT2D eigenvalue weighted by Gasteiger charge is 1.93. The van der Waals surface area contributed by atoms with E-state index in [2.05, 4.69) is 6.92 Å². The Morgan fingerprint density at radius 3 is 1.71 bits per heavy atom. The van der Waals surface area contributed by atoms with E-state index in [1.807, 2.05) is 0 Å². The lowest BCUT2D eigenvalue weighted by Gasteiger charge is -1.99. The summed E-state index contributed by atoms with van der Waals surface area (Å²) in [6.07, 6.45) is 11.3. The lowest BCUT2D eigenvalue weighted by molar-refractivity contribution is -0.117. The summed E-state index contributed by atoms with van der Waals surface area (Å²) in [4.78, 5) is 10.6. The molecule has 86 valence electrons. The summed E-state index contributed by atoms with van der Waals surface area (Å²) in [6, 6.07) is 0. The molecule has 0 aromatic rings. The van der Waals surface area contributed by atoms with Crippen molar-refractivity contribution >= 4 is 19.3 Å². The Morgan fingerprint density at radius 1 is 0.857 bits per heavy atom. The van der Waals surface area contributed by atoms with E-state index in [1.54, 1.807) is 6.92 Å². The van der Waals surface area contributed by atoms with Crippen molar-refractivity contribution < 1.29 is 4.79 Å². The van der Waals surface area contributed by atoms with Crippen molar-refractivity contribution in [2.45, 2.75) is 71.6 Å². The van der Waals surface area contributed by atoms with Crippen LogP contribution in [0.1, 0.15) is 71.6 Å². The highest BCUT2D eigenvalue weighted by atomic mass is 32.1. The van der Waals surface area contributed by atoms with Crippen molar-refractivity contribution in [3.8, 4) is 0 Å². The first kappa shape index (κ1) is 16.4. The molecule has 0 aliphatic rings. The Morgan fingerprint density at radius 2 is 1.29 bits per heavy atom. The molecular formula is C12H26OS. The van der Waals surface area contributed by atoms with E-state index in [1.165, 1.54) is 44.9 Å². The second-order valence-corrected chi connectivity index (χ2v) is 3.93. The quantitative estimate of drug-likeness (QED) is 0.530. The van der Waals surface area contributed by atoms with Crippen molar-refractivity contribution in [1.29, 1.82) is 0 Å². The van der Waals surface area contributed by atoms with Gasteiger partial charge in [0.05, 0.1) is 0 Å². The summed E-state index contributed by atoms with van der Waals surface area (Å²) in [5.74, 6) is 0.339. The fourth-order valence-corrected chi connectivity index (χ4v) is 1.51. The van der Waals surface area contributed by atoms with Crippen molar-refractivity contribution in [3.63, 3.8) is 0 Å². The molecule has 0 aromatic carbocycles. The maximum absolute atomic E-state index is 10.6. The Labute approximate surface area is 96.1 Å². The summed E-state index contributed by atoms with van der Waals surface area (Å²) >= 11 is 0. The molecule has 0 saturated heterocycles. The Bertz CT molecular complexity index is 123. The van der Waals surface area contributed by atoms with Crippen LogP contribution in [-0.2, 0) is 4.79 Å². The van der Waals surface area contributed by atoms with Gasteiger partial charge >= 0.3 is 0 Å². The van der Waals surface area contributed by atoms with Crippen LogP contribution in [0.25, 0.3) is 0 Å². The maximum Gasteiger partial charge on any atom is 0.129 e. The van der Waals surface area contributed by atoms with Crippen molar-refractivity contribution in [1.82, 2.24) is 0 Å². The molecule has 2 heteroatoms. The molecule has 0 rings (SSSR count). The molecule has 0 spiro atoms. The second kappa shape index (κ2) is 13.0. The summed E-state index contributed by atoms with van der Waals surface area (Å²) in [6.45, 7) is 3.92. The van der Waals surface area contributed by atoms with Crippen LogP contribution in [-0.4, -0.2) is 5.78 Å². The van der Waals surface area contributed by atoms with Crippen LogP contribution in [0.5, 0.6) is 0 Å². The molecule has 0 aliphatic carbocycles. The number of carbonyl (C=O) groups is 1. The van der Waals surface area contributed by atoms with E-state index < -0.39 is 0 Å². The number of carbonyl (C=O) groups excluding carboxylic acids is 1. The largest absolute Gasteiger partial charge is 0.300 e. The summed E-state index contributed by atoms with van der Waals surface area (Å²) in [5.41, 5.74) is 0. The number of unbranched alkanes of at least 4 members (excludes halogenated alkanes) is 7. The third-order valence-electron chi connectivity index (χ3n) is 2.38. The fourth-order valence-electron chi connectivity index (χ4n) is 1.51. The summed E-state index contributed by atoms with van der Waals surface area (Å²) in [7, 11) is 0. The Kier molecular flexibility index (Phi) is 15.3. The topological polar surface area (TPSA) is 17.1 Å². The van der Waals surface area contributed by atoms with Gasteiger partial charge in [-0.1, -0.05) is 51.9 Å². The zero-order chi connectivity index (χ0) is 9.94. The van der Waals surface area contributed by atoms with Gasteiger partial charge in [0.25, 0.3) is 0 Å². The van der Waals surface area contributed by atoms with Gasteiger partial charge in [0.15, 0.2) is 0 Å². The molecule has 0 amide bonds. The molecule has 1 nitrogen and oxygen atoms in total. The van der Waals surface area contributed by atoms with Crippen molar-refractivity contribution in [3.05, 3.63) is 0 Å². The van der Waals surface area contributed by atoms with Crippen LogP contribution in [0.2, 0.25) is 0 Å². The molecule has 0 radical (unpaired) electrons. The smallest absolute Gasteiger partial charge is 0.129 e. The third-order valence-corrected chi connectivity index (χ3v) is 2.38. The van der Waals surface area contributed by atoms with Crippen molar-refractivity contribution in [2.75, 3.05) is 0 Å². The third kappa shape index (κ3) is 14.5. The van der Waals surface area contributed by atoms with Gasteiger partial charge in [0.2, 0.25) is 0 Å². The van der Waals surface area contributed by atoms with Crippen LogP contribution in [0.4, 0.5) is 0 Å². The number of hydrogen-bond donors (Lipinski definition) is 0. The minimum absolute atomic E-state index is 0. The van der Waals surface area contributed by atoms with Gasteiger partial charge in [0, 0.05) is 6.42 Å². The number of ketones is 1. The van der Waals surface area contributed by atoms with E-state index in [9.17, 15) is 4.79 Å². The Hall–Kier alpha value is 0.0200. The molecule has 0 unspecified atom stereocenters. The van der Waals surface area contributed by atoms with Gasteiger partial charge in [-0.3, -0.25) is 0 Å². The minimum atomic E-state index is 0. The molecule has 0 heterocycles. The number of hydrogen-bond acceptors (Lipinski definition) is 1. The zero-order valence-corrected chi connectivity index (χ0v) is 10.8. The van der Waals surface area contributed by atoms with Crippen molar-refractivity contribution in [2.24, 2.45) is 0 Å². The minimum Gasteiger partial charge on any atom is -0.300 e. The molecule has 0 atom stereocenters. The van der Waals surface area contributed by atoms with Gasteiger partial charge in [-0.05, 0) is 13.3 Å². The van der Waals surface area contributed by atoms with Crippen LogP contribution in [0, 0.1) is 0 Å². The van der Waals surface area contributed by atoms with Gasteiger partial charge < -0.3 is 4.79 Å². The van der Waals surface area contributed by atoms with E-state index in [-0.39, 0.29) is 13.5 Å². The first-order valence-corrected chi connectivity index (χ1v) is 5.76. The molecule has 0 N–H and O–H groups in total. The molecular weight excluding hydrogens is 192 g/mol. The monoisotopic (exact) mass is 218 g/mol. The summed E-state index contributed by atoms with van der Waals surface area (Å²) in [5, 5.41) is 0. The van der Waals surface area contributed by atoms with Crippen LogP contribution in [0.3, 0.4) is 0 Å². The molecule has 0 aliphatic heterocycles. The van der Waals surface area contributed by atoms with E-state index in [0.717, 1.165) is 12.8 Å². The first-order chi connectivity index (χ1) is 6.27. The average Bonchev–Trinajstić information content (AvgIpc) is 2.09. The average molecular weight is 218 g/mol. The van der Waals surface area contributed by atoms with E-state index >= 15 is 0 Å². The van der Waals surface area contributed by atoms with Crippen LogP contribution in [0.15, 0.2) is 0 Å². The second-order valence-electron chi connectivity index (χ2n) is 3.93. The Balaban J connectivity index is 0. The molecule has 0 bridgehead atoms. The van der Waals surface area contributed by atoms with E-state index in [0.29, 0.717) is 5.78 Å². The number of Topliss-reactive ketones (excluding diaryl/α,β-unsaturated/α-hetero) is 1. The highest BCUT2D eigenvalue weighted by Crippen LogP contribution is 2.09. The standard InChI is InChI=1S/C12H24O.H2S/c1-3-4-5-6-7-8-9-10-11-12(2)13;/h3-11H2,1-2H3;1H2. The fraction of sp³-hybridized carbons (Fsp3) is 0.917. The van der Waals surface area contributed by atoms with Gasteiger partial charge in [-0.15, -0.1) is 0 Å². The van der Waals surface area contributed by atoms with Gasteiger partial charge in [0.1, 0.15) is 5.78 Å². The lowest BCUT2D eigenvalue weighted by Crippen LogP contribution is -1.89. The normalized spacial score (nSPS) is 9.57. The first-order valence-electron chi connectivity index (χ1n) is 5.76. The summed E-state index contributed by atoms with van der Waals surface area (Å²) < 4.78 is 0. The predicted molar refractivity (Wildman–Crippen MR) is 68.3 cm³/mol. The molecule has 0 aromatic heterocycles. The van der Waals surface area contributed by atoms with E-state index in [4.69, 9.17) is 0 Å². The van der Waals surface area contributed by atoms with Crippen LogP contribution >= 0.6 is 13.5 Å². The molecule has 0 fully saturated rings. The highest BCUT2D eigenvalue weighted by molar-refractivity contribution is 7.59. The lowest BCUT2D eigenvalue weighted by atomic mass is 10.1. The van der Waals surface area contributed by atoms with Gasteiger partial charge in [-0.2, -0.15) is 13.5 Å². The molecule has 0 saturated carbocycles. The predicted octanol–water partition coefficient (Wildman–Crippen LogP) is 4.22. The number of rotatable bonds is 9.